The summed E-state index contributed by atoms with van der Waals surface area (Å²) in [6, 6.07) is 3.48. The Morgan fingerprint density at radius 3 is 3.14 bits per heavy atom. The normalized spacial score (nSPS) is 30.4. The molecule has 2 fully saturated rings. The predicted octanol–water partition coefficient (Wildman–Crippen LogP) is 3.18. The summed E-state index contributed by atoms with van der Waals surface area (Å²) < 4.78 is 5.48. The first-order valence-electron chi connectivity index (χ1n) is 7.27. The lowest BCUT2D eigenvalue weighted by Gasteiger charge is -2.30. The molecule has 21 heavy (non-hydrogen) atoms. The number of carbonyl (C=O) groups excluding carboxylic acids is 1. The highest BCUT2D eigenvalue weighted by atomic mass is 79.9. The first-order valence-corrected chi connectivity index (χ1v) is 8.57. The van der Waals surface area contributed by atoms with Crippen molar-refractivity contribution < 1.29 is 9.53 Å². The molecule has 2 aliphatic rings. The molecule has 1 N–H and O–H groups in total. The van der Waals surface area contributed by atoms with Gasteiger partial charge in [-0.2, -0.15) is 0 Å². The maximum Gasteiger partial charge on any atom is 0.232 e. The molecule has 6 heteroatoms. The fourth-order valence-corrected chi connectivity index (χ4v) is 4.83. The average molecular weight is 374 g/mol. The summed E-state index contributed by atoms with van der Waals surface area (Å²) in [6.45, 7) is 0.840. The van der Waals surface area contributed by atoms with Crippen LogP contribution >= 0.6 is 27.5 Å². The maximum atomic E-state index is 12.5. The second kappa shape index (κ2) is 6.13. The fourth-order valence-electron chi connectivity index (χ4n) is 3.50. The van der Waals surface area contributed by atoms with Crippen LogP contribution in [0.4, 0.5) is 0 Å². The van der Waals surface area contributed by atoms with Crippen LogP contribution in [0.3, 0.4) is 0 Å². The number of hydrogen-bond donors (Lipinski definition) is 1. The summed E-state index contributed by atoms with van der Waals surface area (Å²) in [5.41, 5.74) is -0.201. The maximum absolute atomic E-state index is 12.5. The minimum atomic E-state index is -0.201. The van der Waals surface area contributed by atoms with Crippen molar-refractivity contribution in [2.75, 3.05) is 13.2 Å². The molecule has 2 aliphatic carbocycles. The number of alkyl halides is 1. The van der Waals surface area contributed by atoms with Gasteiger partial charge in [0.15, 0.2) is 0 Å². The molecule has 1 heterocycles. The van der Waals surface area contributed by atoms with Crippen LogP contribution in [0.2, 0.25) is 5.02 Å². The van der Waals surface area contributed by atoms with Crippen LogP contribution in [-0.4, -0.2) is 28.9 Å². The second-order valence-corrected chi connectivity index (χ2v) is 7.38. The second-order valence-electron chi connectivity index (χ2n) is 5.86. The monoisotopic (exact) mass is 372 g/mol. The zero-order chi connectivity index (χ0) is 14.9. The summed E-state index contributed by atoms with van der Waals surface area (Å²) in [7, 11) is 0. The Morgan fingerprint density at radius 2 is 2.48 bits per heavy atom. The lowest BCUT2D eigenvalue weighted by atomic mass is 9.83. The third-order valence-corrected chi connectivity index (χ3v) is 6.13. The molecule has 0 aliphatic heterocycles. The van der Waals surface area contributed by atoms with Gasteiger partial charge in [-0.3, -0.25) is 4.79 Å². The molecule has 0 spiro atoms. The molecule has 1 aromatic heterocycles. The van der Waals surface area contributed by atoms with Crippen LogP contribution in [0.5, 0.6) is 5.88 Å². The lowest BCUT2D eigenvalue weighted by molar-refractivity contribution is -0.130. The van der Waals surface area contributed by atoms with E-state index in [1.807, 2.05) is 0 Å². The summed E-state index contributed by atoms with van der Waals surface area (Å²) in [4.78, 5) is 16.8. The van der Waals surface area contributed by atoms with Gasteiger partial charge in [-0.15, -0.1) is 0 Å². The van der Waals surface area contributed by atoms with Gasteiger partial charge in [0, 0.05) is 11.0 Å². The van der Waals surface area contributed by atoms with E-state index in [9.17, 15) is 4.79 Å². The Balaban J connectivity index is 1.48. The molecule has 0 radical (unpaired) electrons. The van der Waals surface area contributed by atoms with Gasteiger partial charge in [0.05, 0.1) is 12.0 Å². The topological polar surface area (TPSA) is 51.2 Å². The first kappa shape index (κ1) is 15.1. The van der Waals surface area contributed by atoms with Crippen molar-refractivity contribution in [3.8, 4) is 5.88 Å². The summed E-state index contributed by atoms with van der Waals surface area (Å²) in [5, 5.41) is 3.48. The van der Waals surface area contributed by atoms with E-state index in [0.717, 1.165) is 19.3 Å². The number of nitrogens with one attached hydrogen (secondary N) is 1. The molecular formula is C15H18BrClN2O2. The van der Waals surface area contributed by atoms with Gasteiger partial charge in [-0.1, -0.05) is 27.5 Å². The molecule has 1 aromatic rings. The molecule has 3 rings (SSSR count). The van der Waals surface area contributed by atoms with E-state index in [-0.39, 0.29) is 11.3 Å². The lowest BCUT2D eigenvalue weighted by Crippen LogP contribution is -2.44. The van der Waals surface area contributed by atoms with Crippen LogP contribution in [0, 0.1) is 11.3 Å². The summed E-state index contributed by atoms with van der Waals surface area (Å²) in [6.07, 6.45) is 5.93. The molecule has 0 aromatic carbocycles. The molecule has 114 valence electrons. The minimum absolute atomic E-state index is 0.153. The van der Waals surface area contributed by atoms with Crippen LogP contribution in [0.15, 0.2) is 18.3 Å². The van der Waals surface area contributed by atoms with Crippen LogP contribution < -0.4 is 10.1 Å². The zero-order valence-electron chi connectivity index (χ0n) is 11.6. The number of aromatic nitrogens is 1. The van der Waals surface area contributed by atoms with Crippen molar-refractivity contribution >= 4 is 33.4 Å². The third-order valence-electron chi connectivity index (χ3n) is 4.59. The van der Waals surface area contributed by atoms with Gasteiger partial charge in [0.2, 0.25) is 11.8 Å². The van der Waals surface area contributed by atoms with Crippen molar-refractivity contribution in [3.05, 3.63) is 23.4 Å². The SMILES string of the molecule is O=C(NCCOc1ncccc1Cl)[C@@]12CC[C@@H](C[C@H]1Br)C2. The van der Waals surface area contributed by atoms with E-state index in [4.69, 9.17) is 16.3 Å². The van der Waals surface area contributed by atoms with E-state index in [0.29, 0.717) is 34.8 Å². The van der Waals surface area contributed by atoms with Gasteiger partial charge < -0.3 is 10.1 Å². The predicted molar refractivity (Wildman–Crippen MR) is 84.9 cm³/mol. The number of pyridine rings is 1. The van der Waals surface area contributed by atoms with E-state index < -0.39 is 0 Å². The Kier molecular flexibility index (Phi) is 4.41. The summed E-state index contributed by atoms with van der Waals surface area (Å²) >= 11 is 9.65. The van der Waals surface area contributed by atoms with Crippen molar-refractivity contribution in [2.24, 2.45) is 11.3 Å². The van der Waals surface area contributed by atoms with Gasteiger partial charge in [0.1, 0.15) is 11.6 Å². The Hall–Kier alpha value is -0.810. The number of ether oxygens (including phenoxy) is 1. The highest BCUT2D eigenvalue weighted by Crippen LogP contribution is 2.57. The largest absolute Gasteiger partial charge is 0.475 e. The molecule has 3 atom stereocenters. The smallest absolute Gasteiger partial charge is 0.232 e. The fraction of sp³-hybridized carbons (Fsp3) is 0.600. The van der Waals surface area contributed by atoms with Gasteiger partial charge in [-0.05, 0) is 43.7 Å². The number of amides is 1. The van der Waals surface area contributed by atoms with Crippen LogP contribution in [0.25, 0.3) is 0 Å². The highest BCUT2D eigenvalue weighted by Gasteiger charge is 2.55. The molecule has 2 bridgehead atoms. The summed E-state index contributed by atoms with van der Waals surface area (Å²) in [5.74, 6) is 1.27. The quantitative estimate of drug-likeness (QED) is 0.637. The minimum Gasteiger partial charge on any atom is -0.475 e. The van der Waals surface area contributed by atoms with Crippen molar-refractivity contribution in [1.82, 2.24) is 10.3 Å². The van der Waals surface area contributed by atoms with E-state index in [1.54, 1.807) is 18.3 Å². The van der Waals surface area contributed by atoms with Crippen molar-refractivity contribution in [1.29, 1.82) is 0 Å². The Bertz CT molecular complexity index is 542. The van der Waals surface area contributed by atoms with E-state index >= 15 is 0 Å². The van der Waals surface area contributed by atoms with Gasteiger partial charge in [0.25, 0.3) is 0 Å². The third kappa shape index (κ3) is 2.90. The number of fused-ring (bicyclic) bond motifs is 2. The molecule has 0 saturated heterocycles. The molecule has 1 amide bonds. The average Bonchev–Trinajstić information content (AvgIpc) is 3.03. The standard InChI is InChI=1S/C15H18BrClN2O2/c16-12-8-10-3-4-15(12,9-10)14(20)19-6-7-21-13-11(17)2-1-5-18-13/h1-2,5,10,12H,3-4,6-9H2,(H,19,20)/t10-,12+,15+/m0/s1. The molecular weight excluding hydrogens is 356 g/mol. The van der Waals surface area contributed by atoms with Crippen molar-refractivity contribution in [3.63, 3.8) is 0 Å². The van der Waals surface area contributed by atoms with Gasteiger partial charge in [-0.25, -0.2) is 4.98 Å². The highest BCUT2D eigenvalue weighted by molar-refractivity contribution is 9.09. The first-order chi connectivity index (χ1) is 10.1. The number of hydrogen-bond acceptors (Lipinski definition) is 3. The Labute approximate surface area is 137 Å². The number of halogens is 2. The van der Waals surface area contributed by atoms with Crippen LogP contribution in [-0.2, 0) is 4.79 Å². The number of rotatable bonds is 5. The number of carbonyl (C=O) groups is 1. The van der Waals surface area contributed by atoms with Crippen molar-refractivity contribution in [2.45, 2.75) is 30.5 Å². The number of nitrogens with zero attached hydrogens (tertiary/aromatic N) is 1. The zero-order valence-corrected chi connectivity index (χ0v) is 14.0. The van der Waals surface area contributed by atoms with E-state index in [2.05, 4.69) is 26.2 Å². The van der Waals surface area contributed by atoms with Crippen LogP contribution in [0.1, 0.15) is 25.7 Å². The van der Waals surface area contributed by atoms with Gasteiger partial charge >= 0.3 is 0 Å². The molecule has 0 unspecified atom stereocenters. The van der Waals surface area contributed by atoms with E-state index in [1.165, 1.54) is 6.42 Å². The molecule has 4 nitrogen and oxygen atoms in total. The molecule has 2 saturated carbocycles. The Morgan fingerprint density at radius 1 is 1.62 bits per heavy atom.